The summed E-state index contributed by atoms with van der Waals surface area (Å²) in [5.41, 5.74) is 4.02. The molecular formula is C27H28N4O2S. The average molecular weight is 473 g/mol. The number of hydrogen-bond donors (Lipinski definition) is 1. The van der Waals surface area contributed by atoms with Gasteiger partial charge in [-0.3, -0.25) is 19.5 Å². The normalized spacial score (nSPS) is 24.7. The molecule has 2 aliphatic carbocycles. The van der Waals surface area contributed by atoms with Crippen molar-refractivity contribution in [1.82, 2.24) is 9.80 Å². The summed E-state index contributed by atoms with van der Waals surface area (Å²) >= 11 is 1.85. The number of amidine groups is 1. The fraction of sp³-hybridized carbons (Fsp3) is 0.444. The van der Waals surface area contributed by atoms with Crippen LogP contribution in [0.25, 0.3) is 11.1 Å². The number of nitrogens with zero attached hydrogens (tertiary/aromatic N) is 3. The fourth-order valence-corrected chi connectivity index (χ4v) is 6.34. The Balaban J connectivity index is 1.09. The Hall–Kier alpha value is -2.80. The number of hydrogen-bond acceptors (Lipinski definition) is 5. The Morgan fingerprint density at radius 1 is 1.09 bits per heavy atom. The quantitative estimate of drug-likeness (QED) is 0.708. The van der Waals surface area contributed by atoms with E-state index in [9.17, 15) is 9.59 Å². The summed E-state index contributed by atoms with van der Waals surface area (Å²) in [5, 5.41) is 3.92. The van der Waals surface area contributed by atoms with Gasteiger partial charge in [0.2, 0.25) is 5.91 Å². The molecule has 3 heterocycles. The zero-order valence-electron chi connectivity index (χ0n) is 19.3. The molecule has 0 radical (unpaired) electrons. The van der Waals surface area contributed by atoms with E-state index in [1.807, 2.05) is 21.6 Å². The first kappa shape index (κ1) is 20.6. The van der Waals surface area contributed by atoms with Crippen molar-refractivity contribution in [3.05, 3.63) is 48.0 Å². The van der Waals surface area contributed by atoms with Crippen molar-refractivity contribution in [1.29, 1.82) is 0 Å². The molecule has 2 amide bonds. The molecule has 3 aliphatic heterocycles. The molecule has 1 N–H and O–H groups in total. The number of nitrogens with one attached hydrogen (secondary N) is 1. The Bertz CT molecular complexity index is 1230. The van der Waals surface area contributed by atoms with Crippen LogP contribution in [0.3, 0.4) is 0 Å². The van der Waals surface area contributed by atoms with Gasteiger partial charge in [0, 0.05) is 47.6 Å². The molecule has 1 spiro atoms. The number of amides is 2. The van der Waals surface area contributed by atoms with E-state index in [2.05, 4.69) is 54.7 Å². The minimum atomic E-state index is -0.513. The van der Waals surface area contributed by atoms with Crippen LogP contribution >= 0.6 is 11.8 Å². The summed E-state index contributed by atoms with van der Waals surface area (Å²) in [6.45, 7) is 4.36. The molecule has 34 heavy (non-hydrogen) atoms. The van der Waals surface area contributed by atoms with Crippen LogP contribution in [0.2, 0.25) is 0 Å². The molecule has 2 saturated carbocycles. The van der Waals surface area contributed by atoms with Crippen LogP contribution in [-0.2, 0) is 9.59 Å². The Labute approximate surface area is 203 Å². The molecule has 174 valence electrons. The second kappa shape index (κ2) is 7.35. The van der Waals surface area contributed by atoms with Crippen LogP contribution in [-0.4, -0.2) is 58.0 Å². The minimum absolute atomic E-state index is 0.148. The summed E-state index contributed by atoms with van der Waals surface area (Å²) in [5.74, 6) is 1.87. The molecule has 6 nitrogen and oxygen atoms in total. The number of rotatable bonds is 5. The number of benzene rings is 2. The zero-order valence-corrected chi connectivity index (χ0v) is 20.1. The minimum Gasteiger partial charge on any atom is -0.372 e. The van der Waals surface area contributed by atoms with Crippen LogP contribution in [0.15, 0.2) is 52.4 Å². The lowest BCUT2D eigenvalue weighted by molar-refractivity contribution is -0.139. The summed E-state index contributed by atoms with van der Waals surface area (Å²) in [6.07, 6.45) is 3.78. The van der Waals surface area contributed by atoms with E-state index in [1.165, 1.54) is 16.1 Å². The highest BCUT2D eigenvalue weighted by Gasteiger charge is 2.57. The van der Waals surface area contributed by atoms with E-state index >= 15 is 0 Å². The smallest absolute Gasteiger partial charge is 0.256 e. The number of anilines is 1. The van der Waals surface area contributed by atoms with Gasteiger partial charge in [-0.1, -0.05) is 42.1 Å². The predicted molar refractivity (Wildman–Crippen MR) is 134 cm³/mol. The zero-order chi connectivity index (χ0) is 23.0. The lowest BCUT2D eigenvalue weighted by Gasteiger charge is -2.41. The van der Waals surface area contributed by atoms with Gasteiger partial charge >= 0.3 is 0 Å². The third-order valence-corrected chi connectivity index (χ3v) is 8.78. The average Bonchev–Trinajstić information content (AvgIpc) is 3.72. The van der Waals surface area contributed by atoms with Crippen LogP contribution < -0.4 is 5.32 Å². The Morgan fingerprint density at radius 3 is 2.50 bits per heavy atom. The Kier molecular flexibility index (Phi) is 4.44. The van der Waals surface area contributed by atoms with Crippen molar-refractivity contribution in [2.75, 3.05) is 25.0 Å². The number of likely N-dealkylation sites (tertiary alicyclic amines) is 1. The molecule has 2 aromatic rings. The van der Waals surface area contributed by atoms with Gasteiger partial charge in [0.25, 0.3) is 5.91 Å². The molecule has 7 heteroatoms. The van der Waals surface area contributed by atoms with Gasteiger partial charge in [0.1, 0.15) is 11.4 Å². The maximum atomic E-state index is 13.2. The highest BCUT2D eigenvalue weighted by atomic mass is 32.2. The lowest BCUT2D eigenvalue weighted by atomic mass is 9.97. The lowest BCUT2D eigenvalue weighted by Crippen LogP contribution is -2.55. The van der Waals surface area contributed by atoms with Crippen LogP contribution in [0.5, 0.6) is 0 Å². The molecule has 1 unspecified atom stereocenters. The van der Waals surface area contributed by atoms with Gasteiger partial charge in [-0.2, -0.15) is 0 Å². The topological polar surface area (TPSA) is 65.0 Å². The van der Waals surface area contributed by atoms with E-state index in [1.54, 1.807) is 0 Å². The third-order valence-electron chi connectivity index (χ3n) is 7.70. The number of carbonyl (C=O) groups excluding carboxylic acids is 2. The number of thioether (sulfide) groups is 1. The molecule has 5 aliphatic rings. The monoisotopic (exact) mass is 472 g/mol. The maximum absolute atomic E-state index is 13.2. The van der Waals surface area contributed by atoms with Crippen LogP contribution in [0.4, 0.5) is 5.69 Å². The van der Waals surface area contributed by atoms with E-state index in [0.717, 1.165) is 55.7 Å². The maximum Gasteiger partial charge on any atom is 0.256 e. The molecular weight excluding hydrogens is 444 g/mol. The first-order valence-electron chi connectivity index (χ1n) is 12.4. The van der Waals surface area contributed by atoms with Gasteiger partial charge < -0.3 is 10.2 Å². The number of fused-ring (bicyclic) bond motifs is 1. The van der Waals surface area contributed by atoms with Crippen molar-refractivity contribution in [3.63, 3.8) is 0 Å². The van der Waals surface area contributed by atoms with Crippen molar-refractivity contribution in [2.24, 2.45) is 16.8 Å². The molecule has 3 fully saturated rings. The van der Waals surface area contributed by atoms with Crippen molar-refractivity contribution >= 4 is 35.1 Å². The number of aliphatic imine (C=N–C) groups is 1. The number of carbonyl (C=O) groups is 2. The SMILES string of the molecule is CC1Nc2cc(-c3ccc(C4=NC5(CC5)C(=O)N4CC4CN(C(=O)C5CC5)C4)cc3)ccc2S1. The van der Waals surface area contributed by atoms with E-state index < -0.39 is 5.54 Å². The van der Waals surface area contributed by atoms with Crippen molar-refractivity contribution < 1.29 is 9.59 Å². The highest BCUT2D eigenvalue weighted by molar-refractivity contribution is 8.00. The van der Waals surface area contributed by atoms with Gasteiger partial charge in [0.05, 0.1) is 5.37 Å². The van der Waals surface area contributed by atoms with E-state index in [-0.39, 0.29) is 11.8 Å². The van der Waals surface area contributed by atoms with Crippen LogP contribution in [0, 0.1) is 11.8 Å². The second-order valence-electron chi connectivity index (χ2n) is 10.5. The van der Waals surface area contributed by atoms with Gasteiger partial charge in [-0.05, 0) is 55.9 Å². The summed E-state index contributed by atoms with van der Waals surface area (Å²) < 4.78 is 0. The summed E-state index contributed by atoms with van der Waals surface area (Å²) in [6, 6.07) is 15.0. The van der Waals surface area contributed by atoms with Gasteiger partial charge in [-0.25, -0.2) is 0 Å². The molecule has 1 atom stereocenters. The first-order chi connectivity index (χ1) is 16.5. The van der Waals surface area contributed by atoms with Gasteiger partial charge in [0.15, 0.2) is 0 Å². The van der Waals surface area contributed by atoms with Crippen LogP contribution in [0.1, 0.15) is 38.2 Å². The fourth-order valence-electron chi connectivity index (χ4n) is 5.38. The standard InChI is InChI=1S/C27H28N4O2S/c1-16-28-22-12-21(8-9-23(22)34-16)18-2-4-19(5-3-18)24-29-27(10-11-27)26(33)31(24)15-17-13-30(14-17)25(32)20-6-7-20/h2-5,8-9,12,16-17,20,28H,6-7,10-11,13-15H2,1H3. The molecule has 2 aromatic carbocycles. The molecule has 0 aromatic heterocycles. The molecule has 1 saturated heterocycles. The van der Waals surface area contributed by atoms with E-state index in [0.29, 0.717) is 23.7 Å². The largest absolute Gasteiger partial charge is 0.372 e. The second-order valence-corrected chi connectivity index (χ2v) is 11.8. The predicted octanol–water partition coefficient (Wildman–Crippen LogP) is 4.21. The molecule has 7 rings (SSSR count). The van der Waals surface area contributed by atoms with Crippen molar-refractivity contribution in [3.8, 4) is 11.1 Å². The van der Waals surface area contributed by atoms with Crippen molar-refractivity contribution in [2.45, 2.75) is 48.4 Å². The highest BCUT2D eigenvalue weighted by Crippen LogP contribution is 2.46. The first-order valence-corrected chi connectivity index (χ1v) is 13.3. The third kappa shape index (κ3) is 3.35. The molecule has 0 bridgehead atoms. The summed E-state index contributed by atoms with van der Waals surface area (Å²) in [4.78, 5) is 35.6. The van der Waals surface area contributed by atoms with E-state index in [4.69, 9.17) is 4.99 Å². The summed E-state index contributed by atoms with van der Waals surface area (Å²) in [7, 11) is 0. The van der Waals surface area contributed by atoms with Gasteiger partial charge in [-0.15, -0.1) is 0 Å². The Morgan fingerprint density at radius 2 is 1.79 bits per heavy atom.